The van der Waals surface area contributed by atoms with Crippen molar-refractivity contribution in [3.05, 3.63) is 53.2 Å². The van der Waals surface area contributed by atoms with Crippen LogP contribution in [0.1, 0.15) is 0 Å². The molecular weight excluding hydrogens is 366 g/mol. The van der Waals surface area contributed by atoms with Gasteiger partial charge in [0.25, 0.3) is 5.88 Å². The van der Waals surface area contributed by atoms with Gasteiger partial charge in [-0.3, -0.25) is 0 Å². The summed E-state index contributed by atoms with van der Waals surface area (Å²) in [5, 5.41) is 12.7. The van der Waals surface area contributed by atoms with Crippen LogP contribution in [0, 0.1) is 0 Å². The predicted molar refractivity (Wildman–Crippen MR) is 97.5 cm³/mol. The van der Waals surface area contributed by atoms with E-state index in [1.54, 1.807) is 30.3 Å². The minimum atomic E-state index is -0.258. The second kappa shape index (κ2) is 9.12. The summed E-state index contributed by atoms with van der Waals surface area (Å²) in [5.41, 5.74) is 8.95. The van der Waals surface area contributed by atoms with Crippen molar-refractivity contribution in [2.24, 2.45) is 5.11 Å². The Morgan fingerprint density at radius 3 is 2.50 bits per heavy atom. The molecule has 0 unspecified atom stereocenters. The molecule has 3 rings (SSSR count). The maximum Gasteiger partial charge on any atom is 0.262 e. The van der Waals surface area contributed by atoms with Crippen molar-refractivity contribution < 1.29 is 19.3 Å². The van der Waals surface area contributed by atoms with Crippen LogP contribution in [-0.4, -0.2) is 45.4 Å². The summed E-state index contributed by atoms with van der Waals surface area (Å²) in [4.78, 5) is 19.4. The van der Waals surface area contributed by atoms with Gasteiger partial charge in [0.15, 0.2) is 23.1 Å². The molecule has 28 heavy (non-hydrogen) atoms. The molecule has 1 N–H and O–H groups in total. The van der Waals surface area contributed by atoms with Gasteiger partial charge in [0.2, 0.25) is 11.6 Å². The smallest absolute Gasteiger partial charge is 0.262 e. The van der Waals surface area contributed by atoms with Crippen molar-refractivity contribution in [1.29, 1.82) is 0 Å². The first-order chi connectivity index (χ1) is 13.8. The van der Waals surface area contributed by atoms with E-state index in [2.05, 4.69) is 30.0 Å². The molecule has 3 aromatic rings. The quantitative estimate of drug-likeness (QED) is 0.355. The molecule has 0 amide bonds. The monoisotopic (exact) mass is 381 g/mol. The zero-order chi connectivity index (χ0) is 19.8. The van der Waals surface area contributed by atoms with Crippen molar-refractivity contribution in [1.82, 2.24) is 19.9 Å². The van der Waals surface area contributed by atoms with Gasteiger partial charge in [0.1, 0.15) is 6.61 Å². The lowest BCUT2D eigenvalue weighted by molar-refractivity contribution is 0.192. The third-order valence-corrected chi connectivity index (χ3v) is 3.33. The zero-order valence-corrected chi connectivity index (χ0v) is 14.8. The molecule has 0 atom stereocenters. The van der Waals surface area contributed by atoms with Gasteiger partial charge < -0.3 is 19.3 Å². The standard InChI is InChI=1S/C17H15N7O4/c1-26-11-5-2-3-6-12(11)28-13-14(23-24-18)21-16(15-19-7-4-8-20-15)22-17(13)27-10-9-25/h2-8,25H,9-10H2,1H3. The lowest BCUT2D eigenvalue weighted by Crippen LogP contribution is -2.07. The van der Waals surface area contributed by atoms with Crippen LogP contribution in [0.5, 0.6) is 23.1 Å². The topological polar surface area (TPSA) is 148 Å². The molecule has 0 saturated carbocycles. The predicted octanol–water partition coefficient (Wildman–Crippen LogP) is 3.05. The van der Waals surface area contributed by atoms with Crippen LogP contribution >= 0.6 is 0 Å². The molecular formula is C17H15N7O4. The van der Waals surface area contributed by atoms with Crippen LogP contribution in [-0.2, 0) is 0 Å². The highest BCUT2D eigenvalue weighted by molar-refractivity contribution is 5.60. The average molecular weight is 381 g/mol. The first-order valence-electron chi connectivity index (χ1n) is 8.06. The number of aromatic nitrogens is 4. The Morgan fingerprint density at radius 2 is 1.82 bits per heavy atom. The highest BCUT2D eigenvalue weighted by atomic mass is 16.5. The number of hydrogen-bond donors (Lipinski definition) is 1. The summed E-state index contributed by atoms with van der Waals surface area (Å²) >= 11 is 0. The van der Waals surface area contributed by atoms with Gasteiger partial charge in [-0.05, 0) is 28.8 Å². The summed E-state index contributed by atoms with van der Waals surface area (Å²) in [6.07, 6.45) is 3.04. The minimum Gasteiger partial charge on any atom is -0.493 e. The fourth-order valence-electron chi connectivity index (χ4n) is 2.19. The van der Waals surface area contributed by atoms with Gasteiger partial charge in [-0.1, -0.05) is 12.1 Å². The van der Waals surface area contributed by atoms with Gasteiger partial charge in [-0.25, -0.2) is 15.0 Å². The Kier molecular flexibility index (Phi) is 6.13. The lowest BCUT2D eigenvalue weighted by atomic mass is 10.3. The summed E-state index contributed by atoms with van der Waals surface area (Å²) in [6.45, 7) is -0.323. The number of hydrogen-bond acceptors (Lipinski definition) is 9. The maximum absolute atomic E-state index is 9.11. The molecule has 142 valence electrons. The van der Waals surface area contributed by atoms with Crippen LogP contribution in [0.3, 0.4) is 0 Å². The molecule has 0 radical (unpaired) electrons. The van der Waals surface area contributed by atoms with E-state index in [9.17, 15) is 0 Å². The minimum absolute atomic E-state index is 0.0320. The van der Waals surface area contributed by atoms with Crippen molar-refractivity contribution >= 4 is 5.82 Å². The zero-order valence-electron chi connectivity index (χ0n) is 14.8. The van der Waals surface area contributed by atoms with Crippen LogP contribution in [0.25, 0.3) is 22.1 Å². The SMILES string of the molecule is COc1ccccc1Oc1c(N=[N+]=[N-])nc(-c2ncccn2)nc1OCCO. The normalized spacial score (nSPS) is 10.1. The van der Waals surface area contributed by atoms with Crippen molar-refractivity contribution in [3.8, 4) is 34.8 Å². The molecule has 0 aliphatic rings. The van der Waals surface area contributed by atoms with E-state index in [1.165, 1.54) is 19.5 Å². The summed E-state index contributed by atoms with van der Waals surface area (Å²) < 4.78 is 16.6. The average Bonchev–Trinajstić information content (AvgIpc) is 2.75. The molecule has 2 aromatic heterocycles. The second-order valence-corrected chi connectivity index (χ2v) is 5.09. The van der Waals surface area contributed by atoms with E-state index < -0.39 is 0 Å². The first kappa shape index (κ1) is 18.8. The molecule has 2 heterocycles. The fourth-order valence-corrected chi connectivity index (χ4v) is 2.19. The van der Waals surface area contributed by atoms with Crippen LogP contribution < -0.4 is 14.2 Å². The second-order valence-electron chi connectivity index (χ2n) is 5.09. The molecule has 11 nitrogen and oxygen atoms in total. The van der Waals surface area contributed by atoms with Gasteiger partial charge >= 0.3 is 0 Å². The highest BCUT2D eigenvalue weighted by Gasteiger charge is 2.21. The summed E-state index contributed by atoms with van der Waals surface area (Å²) in [7, 11) is 1.49. The van der Waals surface area contributed by atoms with E-state index in [0.29, 0.717) is 11.5 Å². The van der Waals surface area contributed by atoms with Crippen molar-refractivity contribution in [3.63, 3.8) is 0 Å². The van der Waals surface area contributed by atoms with Gasteiger partial charge in [-0.15, -0.1) is 0 Å². The number of para-hydroxylation sites is 2. The van der Waals surface area contributed by atoms with Crippen LogP contribution in [0.4, 0.5) is 5.82 Å². The van der Waals surface area contributed by atoms with Crippen molar-refractivity contribution in [2.45, 2.75) is 0 Å². The van der Waals surface area contributed by atoms with E-state index in [0.717, 1.165) is 0 Å². The number of nitrogens with zero attached hydrogens (tertiary/aromatic N) is 7. The van der Waals surface area contributed by atoms with E-state index in [-0.39, 0.29) is 42.3 Å². The molecule has 0 spiro atoms. The molecule has 0 aliphatic heterocycles. The lowest BCUT2D eigenvalue weighted by Gasteiger charge is -2.15. The van der Waals surface area contributed by atoms with E-state index in [4.69, 9.17) is 24.8 Å². The van der Waals surface area contributed by atoms with Gasteiger partial charge in [0.05, 0.1) is 13.7 Å². The Bertz CT molecular complexity index is 994. The fraction of sp³-hybridized carbons (Fsp3) is 0.176. The number of benzene rings is 1. The molecule has 11 heteroatoms. The largest absolute Gasteiger partial charge is 0.493 e. The van der Waals surface area contributed by atoms with Gasteiger partial charge in [-0.2, -0.15) is 4.98 Å². The van der Waals surface area contributed by atoms with E-state index >= 15 is 0 Å². The van der Waals surface area contributed by atoms with Crippen LogP contribution in [0.15, 0.2) is 47.8 Å². The Labute approximate surface area is 159 Å². The number of aliphatic hydroxyl groups is 1. The number of azide groups is 1. The first-order valence-corrected chi connectivity index (χ1v) is 8.06. The summed E-state index contributed by atoms with van der Waals surface area (Å²) in [6, 6.07) is 8.51. The molecule has 0 fully saturated rings. The third kappa shape index (κ3) is 4.23. The Hall–Kier alpha value is -3.95. The summed E-state index contributed by atoms with van der Waals surface area (Å²) in [5.74, 6) is 0.852. The van der Waals surface area contributed by atoms with E-state index in [1.807, 2.05) is 0 Å². The molecule has 1 aromatic carbocycles. The van der Waals surface area contributed by atoms with Gasteiger partial charge in [0, 0.05) is 17.3 Å². The molecule has 0 saturated heterocycles. The highest BCUT2D eigenvalue weighted by Crippen LogP contribution is 2.41. The maximum atomic E-state index is 9.11. The molecule has 0 aliphatic carbocycles. The number of ether oxygens (including phenoxy) is 3. The number of aliphatic hydroxyl groups excluding tert-OH is 1. The van der Waals surface area contributed by atoms with Crippen LogP contribution in [0.2, 0.25) is 0 Å². The van der Waals surface area contributed by atoms with Crippen molar-refractivity contribution in [2.75, 3.05) is 20.3 Å². The Morgan fingerprint density at radius 1 is 1.07 bits per heavy atom. The number of rotatable bonds is 8. The molecule has 0 bridgehead atoms. The Balaban J connectivity index is 2.14. The third-order valence-electron chi connectivity index (χ3n) is 3.33. The number of methoxy groups -OCH3 is 1.